The van der Waals surface area contributed by atoms with E-state index >= 15 is 0 Å². The Hall–Kier alpha value is 0.864. The maximum absolute atomic E-state index is 8.54. The number of rotatable bonds is 8. The third-order valence-electron chi connectivity index (χ3n) is 4.18. The van der Waals surface area contributed by atoms with Gasteiger partial charge in [0.2, 0.25) is 0 Å². The summed E-state index contributed by atoms with van der Waals surface area (Å²) in [4.78, 5) is 4.79. The van der Waals surface area contributed by atoms with Crippen LogP contribution in [0.1, 0.15) is 54.4 Å². The summed E-state index contributed by atoms with van der Waals surface area (Å²) in [6.07, 6.45) is 2.03. The molecule has 6 nitrogen and oxygen atoms in total. The molecule has 2 aliphatic rings. The number of morpholine rings is 2. The molecule has 1 unspecified atom stereocenters. The Balaban J connectivity index is -0.000000375. The van der Waals surface area contributed by atoms with Crippen molar-refractivity contribution in [1.29, 1.82) is 0 Å². The molecule has 0 spiro atoms. The van der Waals surface area contributed by atoms with E-state index in [9.17, 15) is 0 Å². The molecule has 1 atom stereocenters. The van der Waals surface area contributed by atoms with Crippen LogP contribution in [0.25, 0.3) is 0 Å². The smallest absolute Gasteiger partial charge is 0.0619 e. The minimum Gasteiger partial charge on any atom is -0.396 e. The summed E-state index contributed by atoms with van der Waals surface area (Å²) in [7, 11) is 0. The van der Waals surface area contributed by atoms with Crippen molar-refractivity contribution in [1.82, 2.24) is 9.80 Å². The number of ether oxygens (including phenoxy) is 3. The van der Waals surface area contributed by atoms with Gasteiger partial charge < -0.3 is 19.3 Å². The zero-order valence-electron chi connectivity index (χ0n) is 19.6. The predicted octanol–water partition coefficient (Wildman–Crippen LogP) is 2.88. The number of hydrogen-bond donors (Lipinski definition) is 1. The molecule has 0 aliphatic carbocycles. The van der Waals surface area contributed by atoms with Gasteiger partial charge >= 0.3 is 0 Å². The Morgan fingerprint density at radius 3 is 2.07 bits per heavy atom. The maximum atomic E-state index is 8.54. The fourth-order valence-corrected chi connectivity index (χ4v) is 2.73. The van der Waals surface area contributed by atoms with Crippen molar-refractivity contribution < 1.29 is 52.0 Å². The van der Waals surface area contributed by atoms with Gasteiger partial charge in [0.15, 0.2) is 0 Å². The molecule has 0 aromatic carbocycles. The minimum atomic E-state index is 0. The van der Waals surface area contributed by atoms with Crippen LogP contribution in [0.3, 0.4) is 0 Å². The molecule has 0 aromatic rings. The zero-order chi connectivity index (χ0) is 20.8. The monoisotopic (exact) mass is 481 g/mol. The first-order valence-corrected chi connectivity index (χ1v) is 11.1. The first kappa shape index (κ1) is 33.5. The fraction of sp³-hybridized carbons (Fsp3) is 1.00. The topological polar surface area (TPSA) is 54.4 Å². The van der Waals surface area contributed by atoms with Gasteiger partial charge in [0.05, 0.1) is 26.4 Å². The molecule has 2 saturated heterocycles. The Bertz CT molecular complexity index is 271. The number of aliphatic hydroxyl groups is 1. The molecule has 28 heavy (non-hydrogen) atoms. The van der Waals surface area contributed by atoms with E-state index < -0.39 is 0 Å². The van der Waals surface area contributed by atoms with Gasteiger partial charge in [-0.05, 0) is 26.7 Å². The third kappa shape index (κ3) is 20.1. The van der Waals surface area contributed by atoms with Gasteiger partial charge in [-0.3, -0.25) is 9.80 Å². The molecule has 2 aliphatic heterocycles. The van der Waals surface area contributed by atoms with E-state index in [4.69, 9.17) is 19.3 Å². The van der Waals surface area contributed by atoms with Crippen LogP contribution in [-0.2, 0) is 46.9 Å². The first-order valence-electron chi connectivity index (χ1n) is 11.1. The molecule has 169 valence electrons. The molecule has 2 fully saturated rings. The van der Waals surface area contributed by atoms with Crippen molar-refractivity contribution in [3.8, 4) is 0 Å². The fourth-order valence-electron chi connectivity index (χ4n) is 2.73. The standard InChI is InChI=1S/C10H21NO2.C7H15NO2.2C2H6.Y/c1-3-12-7-4-5-11-6-8-13-9-10(11)2;9-5-1-2-8-3-6-10-7-4-8;2*1-2;/h10H,3-9H2,1-2H3;9H,1-7H2;2*1-2H3;. The van der Waals surface area contributed by atoms with E-state index in [2.05, 4.69) is 16.7 Å². The van der Waals surface area contributed by atoms with Crippen LogP contribution < -0.4 is 0 Å². The van der Waals surface area contributed by atoms with Crippen molar-refractivity contribution in [2.75, 3.05) is 79.0 Å². The number of aliphatic hydroxyl groups excluding tert-OH is 1. The van der Waals surface area contributed by atoms with Crippen LogP contribution in [0.2, 0.25) is 0 Å². The van der Waals surface area contributed by atoms with E-state index in [1.807, 2.05) is 34.6 Å². The molecule has 0 aromatic heterocycles. The predicted molar refractivity (Wildman–Crippen MR) is 115 cm³/mol. The van der Waals surface area contributed by atoms with Gasteiger partial charge in [0.25, 0.3) is 0 Å². The summed E-state index contributed by atoms with van der Waals surface area (Å²) in [5.74, 6) is 0. The molecule has 7 heteroatoms. The van der Waals surface area contributed by atoms with Gasteiger partial charge in [-0.25, -0.2) is 0 Å². The second-order valence-electron chi connectivity index (χ2n) is 6.04. The van der Waals surface area contributed by atoms with Crippen molar-refractivity contribution in [2.45, 2.75) is 60.4 Å². The average molecular weight is 482 g/mol. The summed E-state index contributed by atoms with van der Waals surface area (Å²) < 4.78 is 15.8. The largest absolute Gasteiger partial charge is 0.396 e. The molecule has 2 heterocycles. The zero-order valence-corrected chi connectivity index (χ0v) is 22.5. The van der Waals surface area contributed by atoms with Crippen LogP contribution in [0.15, 0.2) is 0 Å². The minimum absolute atomic E-state index is 0. The second-order valence-corrected chi connectivity index (χ2v) is 6.04. The van der Waals surface area contributed by atoms with Crippen molar-refractivity contribution in [3.05, 3.63) is 0 Å². The van der Waals surface area contributed by atoms with E-state index in [1.165, 1.54) is 0 Å². The van der Waals surface area contributed by atoms with E-state index in [-0.39, 0.29) is 32.7 Å². The Labute approximate surface area is 200 Å². The summed E-state index contributed by atoms with van der Waals surface area (Å²) >= 11 is 0. The van der Waals surface area contributed by atoms with Gasteiger partial charge in [0, 0.05) is 91.3 Å². The van der Waals surface area contributed by atoms with Crippen molar-refractivity contribution >= 4 is 0 Å². The summed E-state index contributed by atoms with van der Waals surface area (Å²) in [5, 5.41) is 8.54. The number of nitrogens with zero attached hydrogens (tertiary/aromatic N) is 2. The number of hydrogen-bond acceptors (Lipinski definition) is 6. The Morgan fingerprint density at radius 1 is 0.929 bits per heavy atom. The van der Waals surface area contributed by atoms with Crippen molar-refractivity contribution in [3.63, 3.8) is 0 Å². The molecule has 1 N–H and O–H groups in total. The van der Waals surface area contributed by atoms with Crippen molar-refractivity contribution in [2.24, 2.45) is 0 Å². The van der Waals surface area contributed by atoms with Crippen LogP contribution in [0.4, 0.5) is 0 Å². The third-order valence-corrected chi connectivity index (χ3v) is 4.18. The molecule has 2 rings (SSSR count). The Kier molecular flexibility index (Phi) is 33.3. The average Bonchev–Trinajstić information content (AvgIpc) is 2.75. The molecular weight excluding hydrogens is 433 g/mol. The van der Waals surface area contributed by atoms with Crippen LogP contribution in [-0.4, -0.2) is 99.9 Å². The molecule has 1 radical (unpaired) electrons. The molecule has 0 amide bonds. The quantitative estimate of drug-likeness (QED) is 0.539. The maximum Gasteiger partial charge on any atom is 0.0619 e. The Morgan fingerprint density at radius 2 is 1.54 bits per heavy atom. The molecular formula is C21H48N2O4Y. The van der Waals surface area contributed by atoms with Gasteiger partial charge in [-0.15, -0.1) is 0 Å². The van der Waals surface area contributed by atoms with E-state index in [0.717, 1.165) is 85.2 Å². The van der Waals surface area contributed by atoms with E-state index in [1.54, 1.807) is 0 Å². The molecule has 0 saturated carbocycles. The van der Waals surface area contributed by atoms with Gasteiger partial charge in [-0.1, -0.05) is 27.7 Å². The summed E-state index contributed by atoms with van der Waals surface area (Å²) in [6.45, 7) is 23.1. The van der Waals surface area contributed by atoms with Crippen LogP contribution in [0, 0.1) is 0 Å². The summed E-state index contributed by atoms with van der Waals surface area (Å²) in [6, 6.07) is 0.579. The van der Waals surface area contributed by atoms with Gasteiger partial charge in [0.1, 0.15) is 0 Å². The first-order chi connectivity index (χ1) is 13.3. The normalized spacial score (nSPS) is 19.6. The van der Waals surface area contributed by atoms with Crippen LogP contribution >= 0.6 is 0 Å². The SMILES string of the molecule is CC.CC.CCOCCCN1CCOCC1C.OCCCN1CCOCC1.[Y]. The molecule has 0 bridgehead atoms. The van der Waals surface area contributed by atoms with Crippen LogP contribution in [0.5, 0.6) is 0 Å². The van der Waals surface area contributed by atoms with Gasteiger partial charge in [-0.2, -0.15) is 0 Å². The summed E-state index contributed by atoms with van der Waals surface area (Å²) in [5.41, 5.74) is 0. The second kappa shape index (κ2) is 27.9. The van der Waals surface area contributed by atoms with E-state index in [0.29, 0.717) is 12.6 Å².